The lowest BCUT2D eigenvalue weighted by Gasteiger charge is -2.18. The minimum Gasteiger partial charge on any atom is -0.483 e. The van der Waals surface area contributed by atoms with Gasteiger partial charge in [-0.3, -0.25) is 25.2 Å². The Morgan fingerprint density at radius 1 is 1.06 bits per heavy atom. The normalized spacial score (nSPS) is 13.9. The lowest BCUT2D eigenvalue weighted by molar-refractivity contribution is -0.123. The number of carbonyl (C=O) groups is 2. The molecule has 4 rings (SSSR count). The summed E-state index contributed by atoms with van der Waals surface area (Å²) in [4.78, 5) is 24.4. The Morgan fingerprint density at radius 3 is 2.53 bits per heavy atom. The van der Waals surface area contributed by atoms with E-state index in [9.17, 15) is 18.0 Å². The molecule has 2 heterocycles. The van der Waals surface area contributed by atoms with Crippen LogP contribution in [0.25, 0.3) is 0 Å². The third kappa shape index (κ3) is 5.49. The molecule has 1 aromatic heterocycles. The van der Waals surface area contributed by atoms with Crippen molar-refractivity contribution in [3.63, 3.8) is 0 Å². The van der Waals surface area contributed by atoms with Crippen molar-refractivity contribution in [2.24, 2.45) is 0 Å². The summed E-state index contributed by atoms with van der Waals surface area (Å²) in [5, 5.41) is 1.67. The molecule has 2 amide bonds. The van der Waals surface area contributed by atoms with Gasteiger partial charge in [-0.05, 0) is 55.6 Å². The van der Waals surface area contributed by atoms with Gasteiger partial charge in [0.15, 0.2) is 18.1 Å². The van der Waals surface area contributed by atoms with Gasteiger partial charge in [0.25, 0.3) is 21.8 Å². The molecule has 0 bridgehead atoms. The predicted octanol–water partition coefficient (Wildman–Crippen LogP) is 3.10. The molecule has 3 aromatic rings. The van der Waals surface area contributed by atoms with Gasteiger partial charge in [0.2, 0.25) is 0 Å². The highest BCUT2D eigenvalue weighted by Gasteiger charge is 2.32. The topological polar surface area (TPSA) is 123 Å². The number of sulfonamides is 1. The molecular formula is C23H23N3O6S2. The van der Waals surface area contributed by atoms with Crippen LogP contribution in [0.1, 0.15) is 29.8 Å². The van der Waals surface area contributed by atoms with Crippen LogP contribution in [-0.4, -0.2) is 32.4 Å². The molecule has 0 radical (unpaired) electrons. The first-order chi connectivity index (χ1) is 16.1. The second-order valence-corrected chi connectivity index (χ2v) is 11.0. The monoisotopic (exact) mass is 501 g/mol. The zero-order chi connectivity index (χ0) is 24.3. The van der Waals surface area contributed by atoms with Crippen LogP contribution in [0.3, 0.4) is 0 Å². The fourth-order valence-electron chi connectivity index (χ4n) is 3.39. The van der Waals surface area contributed by atoms with Gasteiger partial charge in [0, 0.05) is 23.2 Å². The zero-order valence-electron chi connectivity index (χ0n) is 18.5. The highest BCUT2D eigenvalue weighted by molar-refractivity contribution is 7.94. The van der Waals surface area contributed by atoms with Gasteiger partial charge in [0.05, 0.1) is 0 Å². The van der Waals surface area contributed by atoms with Crippen molar-refractivity contribution < 1.29 is 27.5 Å². The molecule has 1 aliphatic heterocycles. The molecule has 3 N–H and O–H groups in total. The first-order valence-corrected chi connectivity index (χ1v) is 12.7. The maximum atomic E-state index is 12.3. The van der Waals surface area contributed by atoms with E-state index in [1.807, 2.05) is 26.0 Å². The number of hydrogen-bond acceptors (Lipinski definition) is 7. The van der Waals surface area contributed by atoms with E-state index < -0.39 is 21.8 Å². The SMILES string of the molecule is CC1(C)Cc2cccc(OCC(=O)NNC(=O)c3ccc(NS(=O)(=O)c4cccs4)cc3)c2O1. The quantitative estimate of drug-likeness (QED) is 0.428. The molecule has 2 aromatic carbocycles. The summed E-state index contributed by atoms with van der Waals surface area (Å²) in [5.41, 5.74) is 5.81. The van der Waals surface area contributed by atoms with E-state index in [-0.39, 0.29) is 22.0 Å². The van der Waals surface area contributed by atoms with Crippen LogP contribution in [0.2, 0.25) is 0 Å². The number of rotatable bonds is 7. The molecule has 0 unspecified atom stereocenters. The number of para-hydroxylation sites is 1. The molecule has 0 saturated carbocycles. The molecular weight excluding hydrogens is 478 g/mol. The molecule has 34 heavy (non-hydrogen) atoms. The van der Waals surface area contributed by atoms with Crippen LogP contribution in [0, 0.1) is 0 Å². The Bertz CT molecular complexity index is 1300. The molecule has 0 aliphatic carbocycles. The van der Waals surface area contributed by atoms with Crippen LogP contribution < -0.4 is 25.0 Å². The number of carbonyl (C=O) groups excluding carboxylic acids is 2. The van der Waals surface area contributed by atoms with Crippen molar-refractivity contribution in [3.8, 4) is 11.5 Å². The number of ether oxygens (including phenoxy) is 2. The van der Waals surface area contributed by atoms with Crippen LogP contribution in [0.4, 0.5) is 5.69 Å². The number of amides is 2. The fraction of sp³-hybridized carbons (Fsp3) is 0.217. The standard InChI is InChI=1S/C23H23N3O6S2/c1-23(2)13-16-5-3-6-18(21(16)32-23)31-14-19(27)24-25-22(28)15-8-10-17(11-9-15)26-34(29,30)20-7-4-12-33-20/h3-12,26H,13-14H2,1-2H3,(H,24,27)(H,25,28). The van der Waals surface area contributed by atoms with Crippen LogP contribution in [-0.2, 0) is 21.2 Å². The molecule has 11 heteroatoms. The lowest BCUT2D eigenvalue weighted by atomic mass is 10.0. The summed E-state index contributed by atoms with van der Waals surface area (Å²) in [6, 6.07) is 14.5. The highest BCUT2D eigenvalue weighted by Crippen LogP contribution is 2.41. The van der Waals surface area contributed by atoms with E-state index in [1.54, 1.807) is 17.5 Å². The largest absolute Gasteiger partial charge is 0.483 e. The number of fused-ring (bicyclic) bond motifs is 1. The number of benzene rings is 2. The molecule has 0 spiro atoms. The van der Waals surface area contributed by atoms with E-state index in [4.69, 9.17) is 9.47 Å². The van der Waals surface area contributed by atoms with Crippen molar-refractivity contribution in [3.05, 3.63) is 71.1 Å². The van der Waals surface area contributed by atoms with Crippen molar-refractivity contribution >= 4 is 38.9 Å². The van der Waals surface area contributed by atoms with Crippen molar-refractivity contribution in [1.82, 2.24) is 10.9 Å². The Morgan fingerprint density at radius 2 is 1.82 bits per heavy atom. The summed E-state index contributed by atoms with van der Waals surface area (Å²) in [6.07, 6.45) is 0.746. The molecule has 178 valence electrons. The van der Waals surface area contributed by atoms with Gasteiger partial charge in [-0.25, -0.2) is 8.42 Å². The van der Waals surface area contributed by atoms with E-state index in [1.165, 1.54) is 30.3 Å². The van der Waals surface area contributed by atoms with Crippen molar-refractivity contribution in [1.29, 1.82) is 0 Å². The molecule has 1 aliphatic rings. The molecule has 0 fully saturated rings. The zero-order valence-corrected chi connectivity index (χ0v) is 20.1. The Hall–Kier alpha value is -3.57. The predicted molar refractivity (Wildman–Crippen MR) is 128 cm³/mol. The lowest BCUT2D eigenvalue weighted by Crippen LogP contribution is -2.43. The second-order valence-electron chi connectivity index (χ2n) is 8.19. The van der Waals surface area contributed by atoms with E-state index in [2.05, 4.69) is 15.6 Å². The fourth-order valence-corrected chi connectivity index (χ4v) is 5.44. The van der Waals surface area contributed by atoms with Crippen LogP contribution in [0.5, 0.6) is 11.5 Å². The van der Waals surface area contributed by atoms with Crippen molar-refractivity contribution in [2.45, 2.75) is 30.1 Å². The average Bonchev–Trinajstić information content (AvgIpc) is 3.43. The number of nitrogens with one attached hydrogen (secondary N) is 3. The summed E-state index contributed by atoms with van der Waals surface area (Å²) >= 11 is 1.10. The van der Waals surface area contributed by atoms with Gasteiger partial charge in [-0.1, -0.05) is 18.2 Å². The van der Waals surface area contributed by atoms with E-state index in [0.717, 1.165) is 23.3 Å². The summed E-state index contributed by atoms with van der Waals surface area (Å²) < 4.78 is 38.7. The Labute approximate surface area is 201 Å². The Kier molecular flexibility index (Phi) is 6.49. The number of anilines is 1. The third-order valence-corrected chi connectivity index (χ3v) is 7.67. The van der Waals surface area contributed by atoms with Crippen LogP contribution in [0.15, 0.2) is 64.2 Å². The number of thiophene rings is 1. The smallest absolute Gasteiger partial charge is 0.276 e. The molecule has 9 nitrogen and oxygen atoms in total. The maximum absolute atomic E-state index is 12.3. The summed E-state index contributed by atoms with van der Waals surface area (Å²) in [7, 11) is -3.68. The van der Waals surface area contributed by atoms with Gasteiger partial charge < -0.3 is 9.47 Å². The van der Waals surface area contributed by atoms with Gasteiger partial charge >= 0.3 is 0 Å². The molecule has 0 saturated heterocycles. The van der Waals surface area contributed by atoms with Crippen molar-refractivity contribution in [2.75, 3.05) is 11.3 Å². The summed E-state index contributed by atoms with van der Waals surface area (Å²) in [6.45, 7) is 3.64. The molecule has 0 atom stereocenters. The minimum absolute atomic E-state index is 0.190. The van der Waals surface area contributed by atoms with Gasteiger partial charge in [0.1, 0.15) is 9.81 Å². The average molecular weight is 502 g/mol. The van der Waals surface area contributed by atoms with Gasteiger partial charge in [-0.2, -0.15) is 0 Å². The van der Waals surface area contributed by atoms with Gasteiger partial charge in [-0.15, -0.1) is 11.3 Å². The minimum atomic E-state index is -3.68. The van der Waals surface area contributed by atoms with E-state index in [0.29, 0.717) is 17.2 Å². The summed E-state index contributed by atoms with van der Waals surface area (Å²) in [5.74, 6) is -0.0282. The maximum Gasteiger partial charge on any atom is 0.276 e. The Balaban J connectivity index is 1.27. The first-order valence-electron chi connectivity index (χ1n) is 10.3. The third-order valence-electron chi connectivity index (χ3n) is 4.89. The number of hydrazine groups is 1. The highest BCUT2D eigenvalue weighted by atomic mass is 32.2. The van der Waals surface area contributed by atoms with Crippen LogP contribution >= 0.6 is 11.3 Å². The van der Waals surface area contributed by atoms with E-state index >= 15 is 0 Å². The second kappa shape index (κ2) is 9.35. The number of hydrogen-bond donors (Lipinski definition) is 3. The first kappa shape index (κ1) is 23.6.